The van der Waals surface area contributed by atoms with E-state index in [2.05, 4.69) is 10.3 Å². The molecule has 0 bridgehead atoms. The molecule has 1 aliphatic rings. The summed E-state index contributed by atoms with van der Waals surface area (Å²) in [4.78, 5) is 17.4. The van der Waals surface area contributed by atoms with Gasteiger partial charge in [-0.05, 0) is 42.3 Å². The maximum absolute atomic E-state index is 15.1. The van der Waals surface area contributed by atoms with Crippen LogP contribution >= 0.6 is 0 Å². The molecule has 2 heterocycles. The third kappa shape index (κ3) is 5.03. The number of aromatic nitrogens is 1. The van der Waals surface area contributed by atoms with E-state index in [0.29, 0.717) is 22.5 Å². The van der Waals surface area contributed by atoms with E-state index >= 15 is 4.39 Å². The van der Waals surface area contributed by atoms with Gasteiger partial charge in [-0.1, -0.05) is 19.1 Å². The summed E-state index contributed by atoms with van der Waals surface area (Å²) in [5.41, 5.74) is -1.14. The second kappa shape index (κ2) is 9.49. The number of hydrogen-bond donors (Lipinski definition) is 2. The fourth-order valence-corrected chi connectivity index (χ4v) is 5.10. The number of carbonyl (C=O) groups is 1. The van der Waals surface area contributed by atoms with E-state index in [1.165, 1.54) is 24.4 Å². The highest BCUT2D eigenvalue weighted by molar-refractivity contribution is 7.92. The highest BCUT2D eigenvalue weighted by Crippen LogP contribution is 2.37. The Labute approximate surface area is 203 Å². The number of anilines is 2. The van der Waals surface area contributed by atoms with Crippen molar-refractivity contribution in [3.05, 3.63) is 77.0 Å². The molecule has 3 aromatic rings. The van der Waals surface area contributed by atoms with Crippen LogP contribution in [0, 0.1) is 11.6 Å². The molecule has 6 nitrogen and oxygen atoms in total. The number of sulfonamides is 1. The minimum atomic E-state index is -4.50. The molecule has 36 heavy (non-hydrogen) atoms. The summed E-state index contributed by atoms with van der Waals surface area (Å²) >= 11 is 0. The molecule has 0 fully saturated rings. The lowest BCUT2D eigenvalue weighted by atomic mass is 9.91. The molecule has 0 aliphatic carbocycles. The zero-order valence-electron chi connectivity index (χ0n) is 18.8. The molecule has 4 rings (SSSR count). The van der Waals surface area contributed by atoms with Gasteiger partial charge in [0.15, 0.2) is 11.6 Å². The monoisotopic (exact) mass is 525 g/mol. The lowest BCUT2D eigenvalue weighted by molar-refractivity contribution is -0.137. The van der Waals surface area contributed by atoms with Crippen LogP contribution in [0.25, 0.3) is 11.1 Å². The maximum Gasteiger partial charge on any atom is 0.416 e. The SMILES string of the molecule is CCCS(=O)(=O)Nc1ccc(F)c(C(=O)C2CNc3ncc(-c4ccc(C(F)(F)F)cc4)cc32)c1F. The molecule has 2 aromatic carbocycles. The molecule has 12 heteroatoms. The van der Waals surface area contributed by atoms with E-state index in [4.69, 9.17) is 0 Å². The molecule has 1 unspecified atom stereocenters. The molecule has 1 aliphatic heterocycles. The number of Topliss-reactive ketones (excluding diaryl/α,β-unsaturated/α-hetero) is 1. The first-order chi connectivity index (χ1) is 16.9. The van der Waals surface area contributed by atoms with Crippen molar-refractivity contribution in [1.82, 2.24) is 4.98 Å². The van der Waals surface area contributed by atoms with Crippen molar-refractivity contribution in [2.24, 2.45) is 0 Å². The quantitative estimate of drug-likeness (QED) is 0.310. The van der Waals surface area contributed by atoms with Crippen LogP contribution in [0.1, 0.15) is 40.7 Å². The second-order valence-corrected chi connectivity index (χ2v) is 10.1. The number of ketones is 1. The van der Waals surface area contributed by atoms with Crippen molar-refractivity contribution in [3.8, 4) is 11.1 Å². The summed E-state index contributed by atoms with van der Waals surface area (Å²) < 4.78 is 94.5. The number of halogens is 5. The number of nitrogens with one attached hydrogen (secondary N) is 2. The van der Waals surface area contributed by atoms with Crippen LogP contribution in [0.4, 0.5) is 33.5 Å². The van der Waals surface area contributed by atoms with Crippen molar-refractivity contribution < 1.29 is 35.2 Å². The average molecular weight is 525 g/mol. The van der Waals surface area contributed by atoms with Gasteiger partial charge in [0, 0.05) is 23.9 Å². The Morgan fingerprint density at radius 3 is 2.44 bits per heavy atom. The van der Waals surface area contributed by atoms with E-state index < -0.39 is 56.3 Å². The van der Waals surface area contributed by atoms with Crippen molar-refractivity contribution in [3.63, 3.8) is 0 Å². The lowest BCUT2D eigenvalue weighted by Gasteiger charge is -2.15. The van der Waals surface area contributed by atoms with Crippen LogP contribution < -0.4 is 10.0 Å². The zero-order valence-corrected chi connectivity index (χ0v) is 19.6. The fraction of sp³-hybridized carbons (Fsp3) is 0.250. The molecule has 190 valence electrons. The number of nitrogens with zero attached hydrogens (tertiary/aromatic N) is 1. The van der Waals surface area contributed by atoms with Gasteiger partial charge >= 0.3 is 6.18 Å². The van der Waals surface area contributed by atoms with Gasteiger partial charge in [-0.3, -0.25) is 9.52 Å². The highest BCUT2D eigenvalue weighted by atomic mass is 32.2. The van der Waals surface area contributed by atoms with Crippen LogP contribution in [0.3, 0.4) is 0 Å². The van der Waals surface area contributed by atoms with Crippen LogP contribution in [0.2, 0.25) is 0 Å². The van der Waals surface area contributed by atoms with Crippen molar-refractivity contribution >= 4 is 27.3 Å². The number of benzene rings is 2. The molecule has 0 spiro atoms. The molecular weight excluding hydrogens is 505 g/mol. The molecule has 1 atom stereocenters. The molecule has 2 N–H and O–H groups in total. The number of pyridine rings is 1. The predicted octanol–water partition coefficient (Wildman–Crippen LogP) is 5.59. The highest BCUT2D eigenvalue weighted by Gasteiger charge is 2.35. The zero-order chi connectivity index (χ0) is 26.3. The minimum absolute atomic E-state index is 0.0255. The molecule has 0 amide bonds. The van der Waals surface area contributed by atoms with Gasteiger partial charge < -0.3 is 5.32 Å². The molecule has 0 saturated carbocycles. The number of alkyl halides is 3. The Bertz CT molecular complexity index is 1420. The van der Waals surface area contributed by atoms with Gasteiger partial charge in [0.1, 0.15) is 11.6 Å². The third-order valence-corrected chi connectivity index (χ3v) is 7.18. The summed E-state index contributed by atoms with van der Waals surface area (Å²) in [6, 6.07) is 7.59. The Hall–Kier alpha value is -3.54. The van der Waals surface area contributed by atoms with Crippen LogP contribution in [-0.2, 0) is 16.2 Å². The second-order valence-electron chi connectivity index (χ2n) is 8.24. The Morgan fingerprint density at radius 2 is 1.81 bits per heavy atom. The first kappa shape index (κ1) is 25.5. The van der Waals surface area contributed by atoms with Gasteiger partial charge in [-0.2, -0.15) is 13.2 Å². The van der Waals surface area contributed by atoms with Crippen molar-refractivity contribution in [2.75, 3.05) is 22.3 Å². The van der Waals surface area contributed by atoms with Gasteiger partial charge in [0.2, 0.25) is 10.0 Å². The summed E-state index contributed by atoms with van der Waals surface area (Å²) in [7, 11) is -3.90. The van der Waals surface area contributed by atoms with Crippen LogP contribution in [0.5, 0.6) is 0 Å². The summed E-state index contributed by atoms with van der Waals surface area (Å²) in [5, 5.41) is 2.88. The van der Waals surface area contributed by atoms with E-state index in [9.17, 15) is 30.8 Å². The van der Waals surface area contributed by atoms with Crippen molar-refractivity contribution in [2.45, 2.75) is 25.4 Å². The van der Waals surface area contributed by atoms with Crippen molar-refractivity contribution in [1.29, 1.82) is 0 Å². The average Bonchev–Trinajstić information content (AvgIpc) is 3.24. The maximum atomic E-state index is 15.1. The summed E-state index contributed by atoms with van der Waals surface area (Å²) in [6.45, 7) is 1.59. The number of fused-ring (bicyclic) bond motifs is 1. The molecular formula is C24H20F5N3O3S. The fourth-order valence-electron chi connectivity index (χ4n) is 3.97. The van der Waals surface area contributed by atoms with E-state index in [0.717, 1.165) is 24.3 Å². The first-order valence-electron chi connectivity index (χ1n) is 10.9. The molecule has 1 aromatic heterocycles. The summed E-state index contributed by atoms with van der Waals surface area (Å²) in [6.07, 6.45) is -2.82. The Kier molecular flexibility index (Phi) is 6.74. The standard InChI is InChI=1S/C24H20F5N3O3S/c1-2-9-36(34,35)32-19-8-7-18(25)20(21(19)26)22(33)17-12-31-23-16(17)10-14(11-30-23)13-3-5-15(6-4-13)24(27,28)29/h3-8,10-11,17,32H,2,9,12H2,1H3,(H,30,31). The van der Waals surface area contributed by atoms with E-state index in [1.54, 1.807) is 6.92 Å². The minimum Gasteiger partial charge on any atom is -0.369 e. The van der Waals surface area contributed by atoms with E-state index in [1.807, 2.05) is 4.72 Å². The van der Waals surface area contributed by atoms with Gasteiger partial charge in [0.05, 0.1) is 28.5 Å². The number of hydrogen-bond acceptors (Lipinski definition) is 5. The molecule has 0 radical (unpaired) electrons. The van der Waals surface area contributed by atoms with Crippen LogP contribution in [0.15, 0.2) is 48.7 Å². The van der Waals surface area contributed by atoms with Crippen LogP contribution in [-0.4, -0.2) is 31.5 Å². The molecule has 0 saturated heterocycles. The predicted molar refractivity (Wildman–Crippen MR) is 124 cm³/mol. The van der Waals surface area contributed by atoms with E-state index in [-0.39, 0.29) is 18.7 Å². The normalized spacial score (nSPS) is 15.3. The Balaban J connectivity index is 1.67. The smallest absolute Gasteiger partial charge is 0.369 e. The summed E-state index contributed by atoms with van der Waals surface area (Å²) in [5.74, 6) is -4.47. The lowest BCUT2D eigenvalue weighted by Crippen LogP contribution is -2.21. The van der Waals surface area contributed by atoms with Gasteiger partial charge in [-0.25, -0.2) is 22.2 Å². The largest absolute Gasteiger partial charge is 0.416 e. The third-order valence-electron chi connectivity index (χ3n) is 5.70. The Morgan fingerprint density at radius 1 is 1.11 bits per heavy atom. The number of rotatable bonds is 7. The van der Waals surface area contributed by atoms with Gasteiger partial charge in [-0.15, -0.1) is 0 Å². The number of carbonyl (C=O) groups excluding carboxylic acids is 1. The topological polar surface area (TPSA) is 88.2 Å². The first-order valence-corrected chi connectivity index (χ1v) is 12.5. The van der Waals surface area contributed by atoms with Gasteiger partial charge in [0.25, 0.3) is 0 Å².